The van der Waals surface area contributed by atoms with Crippen molar-refractivity contribution in [2.75, 3.05) is 18.4 Å². The van der Waals surface area contributed by atoms with Gasteiger partial charge in [-0.15, -0.1) is 0 Å². The molecule has 14 heteroatoms. The van der Waals surface area contributed by atoms with Crippen molar-refractivity contribution in [3.05, 3.63) is 107 Å². The molecule has 2 atom stereocenters. The second kappa shape index (κ2) is 13.3. The first-order valence-electron chi connectivity index (χ1n) is 16.3. The zero-order valence-corrected chi connectivity index (χ0v) is 27.3. The van der Waals surface area contributed by atoms with Crippen molar-refractivity contribution < 1.29 is 28.8 Å². The Bertz CT molecular complexity index is 2270. The van der Waals surface area contributed by atoms with Crippen LogP contribution in [-0.2, 0) is 6.42 Å². The summed E-state index contributed by atoms with van der Waals surface area (Å²) < 4.78 is 9.07. The molecule has 5 aromatic heterocycles. The maximum absolute atomic E-state index is 12.8. The summed E-state index contributed by atoms with van der Waals surface area (Å²) in [6.07, 6.45) is 2.18. The van der Waals surface area contributed by atoms with Crippen molar-refractivity contribution in [3.63, 3.8) is 0 Å². The number of amides is 3. The zero-order chi connectivity index (χ0) is 34.9. The quantitative estimate of drug-likeness (QED) is 0.195. The van der Waals surface area contributed by atoms with Crippen molar-refractivity contribution in [2.45, 2.75) is 45.2 Å². The topological polar surface area (TPSA) is 186 Å². The van der Waals surface area contributed by atoms with Crippen LogP contribution in [0.3, 0.4) is 0 Å². The van der Waals surface area contributed by atoms with Gasteiger partial charge in [-0.3, -0.25) is 14.4 Å². The lowest BCUT2D eigenvalue weighted by Crippen LogP contribution is -2.22. The van der Waals surface area contributed by atoms with Crippen LogP contribution in [0, 0.1) is 0 Å². The van der Waals surface area contributed by atoms with Gasteiger partial charge >= 0.3 is 5.97 Å². The summed E-state index contributed by atoms with van der Waals surface area (Å²) in [7, 11) is 0. The number of rotatable bonds is 5. The highest BCUT2D eigenvalue weighted by Gasteiger charge is 2.25. The second-order valence-corrected chi connectivity index (χ2v) is 12.4. The molecule has 0 spiro atoms. The first kappa shape index (κ1) is 32.2. The fourth-order valence-corrected chi connectivity index (χ4v) is 6.34. The molecule has 0 radical (unpaired) electrons. The van der Waals surface area contributed by atoms with E-state index in [0.29, 0.717) is 53.8 Å². The molecule has 4 N–H and O–H groups in total. The van der Waals surface area contributed by atoms with E-state index in [1.165, 1.54) is 6.07 Å². The number of fused-ring (bicyclic) bond motifs is 6. The summed E-state index contributed by atoms with van der Waals surface area (Å²) in [5, 5.41) is 23.0. The van der Waals surface area contributed by atoms with Gasteiger partial charge in [0.15, 0.2) is 11.5 Å². The van der Waals surface area contributed by atoms with Crippen molar-refractivity contribution in [2.24, 2.45) is 0 Å². The first-order valence-corrected chi connectivity index (χ1v) is 16.3. The maximum Gasteiger partial charge on any atom is 0.354 e. The van der Waals surface area contributed by atoms with Gasteiger partial charge in [0.05, 0.1) is 0 Å². The molecule has 0 bridgehead atoms. The summed E-state index contributed by atoms with van der Waals surface area (Å²) in [5.74, 6) is -0.728. The minimum absolute atomic E-state index is 0.00902. The minimum Gasteiger partial charge on any atom is -0.477 e. The molecule has 2 unspecified atom stereocenters. The SMILES string of the molecule is CC1CCNC(=O)c2cc3ccc(C(=O)Nc4cc(Cc5ccccc5)on4)nc3n21.CC1CCNC(=O)c2cc3ccc(C(=O)O)nc3n21. The number of nitrogens with zero attached hydrogens (tertiary/aromatic N) is 5. The van der Waals surface area contributed by atoms with Crippen molar-refractivity contribution in [1.29, 1.82) is 0 Å². The standard InChI is InChI=1S/C23H21N5O3.C13H13N3O3/c1-14-9-10-24-23(30)19-12-16-7-8-18(25-21(16)28(14)19)22(29)26-20-13-17(31-27-20)11-15-5-3-2-4-6-15;1-7-4-5-14-12(17)10-6-8-2-3-9(13(18)19)15-11(8)16(7)10/h2-8,12-14H,9-11H2,1H3,(H,24,30)(H,26,27,29);2-3,6-7H,4-5H2,1H3,(H,14,17)(H,18,19). The van der Waals surface area contributed by atoms with E-state index in [4.69, 9.17) is 9.63 Å². The van der Waals surface area contributed by atoms with Crippen LogP contribution >= 0.6 is 0 Å². The molecule has 2 aliphatic heterocycles. The molecule has 1 aromatic carbocycles. The fourth-order valence-electron chi connectivity index (χ4n) is 6.34. The highest BCUT2D eigenvalue weighted by atomic mass is 16.5. The Morgan fingerprint density at radius 3 is 1.96 bits per heavy atom. The van der Waals surface area contributed by atoms with Crippen LogP contribution in [0.25, 0.3) is 22.1 Å². The van der Waals surface area contributed by atoms with Crippen LogP contribution in [0.4, 0.5) is 5.82 Å². The number of carbonyl (C=O) groups excluding carboxylic acids is 3. The molecule has 7 heterocycles. The van der Waals surface area contributed by atoms with Crippen LogP contribution in [0.1, 0.15) is 92.1 Å². The number of carboxylic acids is 1. The number of hydrogen-bond acceptors (Lipinski definition) is 8. The smallest absolute Gasteiger partial charge is 0.354 e. The number of anilines is 1. The minimum atomic E-state index is -1.07. The molecule has 0 saturated heterocycles. The van der Waals surface area contributed by atoms with Gasteiger partial charge in [0.1, 0.15) is 34.1 Å². The number of aromatic carboxylic acids is 1. The molecule has 8 rings (SSSR count). The lowest BCUT2D eigenvalue weighted by molar-refractivity contribution is 0.0690. The fraction of sp³-hybridized carbons (Fsp3) is 0.250. The number of carbonyl (C=O) groups is 4. The van der Waals surface area contributed by atoms with E-state index in [1.807, 2.05) is 65.4 Å². The number of hydrogen-bond donors (Lipinski definition) is 4. The van der Waals surface area contributed by atoms with E-state index < -0.39 is 5.97 Å². The largest absolute Gasteiger partial charge is 0.477 e. The maximum atomic E-state index is 12.8. The van der Waals surface area contributed by atoms with Crippen LogP contribution < -0.4 is 16.0 Å². The van der Waals surface area contributed by atoms with Gasteiger partial charge < -0.3 is 34.7 Å². The van der Waals surface area contributed by atoms with Gasteiger partial charge in [-0.1, -0.05) is 35.5 Å². The third-order valence-electron chi connectivity index (χ3n) is 8.89. The monoisotopic (exact) mass is 674 g/mol. The predicted octanol–water partition coefficient (Wildman–Crippen LogP) is 4.99. The Kier molecular flexibility index (Phi) is 8.58. The average Bonchev–Trinajstić information content (AvgIpc) is 3.78. The summed E-state index contributed by atoms with van der Waals surface area (Å²) >= 11 is 0. The van der Waals surface area contributed by atoms with Crippen molar-refractivity contribution >= 4 is 51.6 Å². The number of pyridine rings is 2. The van der Waals surface area contributed by atoms with E-state index in [1.54, 1.807) is 24.3 Å². The number of nitrogens with one attached hydrogen (secondary N) is 3. The van der Waals surface area contributed by atoms with Crippen molar-refractivity contribution in [1.82, 2.24) is 34.9 Å². The number of carboxylic acid groups (broad SMARTS) is 1. The number of benzene rings is 1. The van der Waals surface area contributed by atoms with Crippen LogP contribution in [0.15, 0.2) is 77.3 Å². The van der Waals surface area contributed by atoms with Gasteiger partial charge in [0.2, 0.25) is 0 Å². The molecule has 50 heavy (non-hydrogen) atoms. The van der Waals surface area contributed by atoms with E-state index in [0.717, 1.165) is 29.2 Å². The molecule has 6 aromatic rings. The van der Waals surface area contributed by atoms with Gasteiger partial charge in [-0.05, 0) is 68.7 Å². The predicted molar refractivity (Wildman–Crippen MR) is 183 cm³/mol. The highest BCUT2D eigenvalue weighted by Crippen LogP contribution is 2.28. The third-order valence-corrected chi connectivity index (χ3v) is 8.89. The summed E-state index contributed by atoms with van der Waals surface area (Å²) in [6, 6.07) is 21.9. The van der Waals surface area contributed by atoms with Gasteiger partial charge in [-0.25, -0.2) is 14.8 Å². The first-order chi connectivity index (χ1) is 24.2. The molecule has 254 valence electrons. The lowest BCUT2D eigenvalue weighted by Gasteiger charge is -2.13. The van der Waals surface area contributed by atoms with Gasteiger partial charge in [0, 0.05) is 48.4 Å². The van der Waals surface area contributed by atoms with Crippen LogP contribution in [0.5, 0.6) is 0 Å². The van der Waals surface area contributed by atoms with E-state index in [9.17, 15) is 19.2 Å². The molecule has 0 aliphatic carbocycles. The lowest BCUT2D eigenvalue weighted by atomic mass is 10.1. The van der Waals surface area contributed by atoms with E-state index in [2.05, 4.69) is 31.1 Å². The summed E-state index contributed by atoms with van der Waals surface area (Å²) in [4.78, 5) is 56.8. The number of aromatic nitrogens is 5. The zero-order valence-electron chi connectivity index (χ0n) is 27.3. The molecule has 0 fully saturated rings. The Balaban J connectivity index is 0.000000176. The summed E-state index contributed by atoms with van der Waals surface area (Å²) in [6.45, 7) is 5.27. The summed E-state index contributed by atoms with van der Waals surface area (Å²) in [5.41, 5.74) is 3.61. The Labute approximate surface area is 285 Å². The Hall–Kier alpha value is -6.31. The van der Waals surface area contributed by atoms with Gasteiger partial charge in [-0.2, -0.15) is 0 Å². The molecular weight excluding hydrogens is 640 g/mol. The molecule has 2 aliphatic rings. The third kappa shape index (κ3) is 6.30. The highest BCUT2D eigenvalue weighted by molar-refractivity contribution is 6.04. The normalized spacial score (nSPS) is 17.0. The molecule has 0 saturated carbocycles. The van der Waals surface area contributed by atoms with Crippen molar-refractivity contribution in [3.8, 4) is 0 Å². The second-order valence-electron chi connectivity index (χ2n) is 12.4. The van der Waals surface area contributed by atoms with Crippen LogP contribution in [-0.4, -0.2) is 66.1 Å². The molecule has 3 amide bonds. The average molecular weight is 675 g/mol. The van der Waals surface area contributed by atoms with E-state index >= 15 is 0 Å². The Morgan fingerprint density at radius 2 is 1.38 bits per heavy atom. The van der Waals surface area contributed by atoms with Crippen LogP contribution in [0.2, 0.25) is 0 Å². The van der Waals surface area contributed by atoms with E-state index in [-0.39, 0.29) is 41.2 Å². The molecular formula is C36H34N8O6. The Morgan fingerprint density at radius 1 is 0.820 bits per heavy atom. The van der Waals surface area contributed by atoms with Gasteiger partial charge in [0.25, 0.3) is 17.7 Å². The molecule has 14 nitrogen and oxygen atoms in total.